The number of likely N-dealkylation sites (tertiary alicyclic amines) is 1. The number of aliphatic hydroxyl groups is 2. The summed E-state index contributed by atoms with van der Waals surface area (Å²) in [6.45, 7) is 1.63. The van der Waals surface area contributed by atoms with Gasteiger partial charge in [-0.15, -0.1) is 0 Å². The molecule has 14 nitrogen and oxygen atoms in total. The highest BCUT2D eigenvalue weighted by Crippen LogP contribution is 2.35. The first-order valence-corrected chi connectivity index (χ1v) is 14.6. The number of methoxy groups -OCH3 is 1. The summed E-state index contributed by atoms with van der Waals surface area (Å²) < 4.78 is 38.6. The predicted octanol–water partition coefficient (Wildman–Crippen LogP) is 2.99. The number of halogens is 3. The van der Waals surface area contributed by atoms with Gasteiger partial charge in [-0.05, 0) is 56.2 Å². The van der Waals surface area contributed by atoms with Crippen LogP contribution in [0.25, 0.3) is 16.6 Å². The van der Waals surface area contributed by atoms with Crippen molar-refractivity contribution in [3.8, 4) is 11.4 Å². The van der Waals surface area contributed by atoms with E-state index in [1.807, 2.05) is 6.07 Å². The number of nitrogens with two attached hydrogens (primary N) is 1. The second kappa shape index (κ2) is 14.6. The Morgan fingerprint density at radius 3 is 2.31 bits per heavy atom. The quantitative estimate of drug-likeness (QED) is 0.184. The number of ether oxygens (including phenoxy) is 1. The molecule has 3 aromatic heterocycles. The summed E-state index contributed by atoms with van der Waals surface area (Å²) in [6, 6.07) is 12.1. The minimum absolute atomic E-state index is 0.0831. The van der Waals surface area contributed by atoms with E-state index >= 15 is 0 Å². The fourth-order valence-electron chi connectivity index (χ4n) is 5.10. The average molecular weight is 674 g/mol. The highest BCUT2D eigenvalue weighted by Gasteiger charge is 2.39. The second-order valence-corrected chi connectivity index (χ2v) is 11.2. The van der Waals surface area contributed by atoms with E-state index in [1.165, 1.54) is 0 Å². The van der Waals surface area contributed by atoms with Crippen molar-refractivity contribution >= 4 is 40.3 Å². The second-order valence-electron chi connectivity index (χ2n) is 11.2. The topological polar surface area (TPSA) is 206 Å². The number of pyridine rings is 2. The Balaban J connectivity index is 0.000000671. The number of hydrogen-bond donors (Lipinski definition) is 5. The number of carbonyl (C=O) groups is 3. The Morgan fingerprint density at radius 1 is 1.06 bits per heavy atom. The summed E-state index contributed by atoms with van der Waals surface area (Å²) >= 11 is 0. The summed E-state index contributed by atoms with van der Waals surface area (Å²) in [4.78, 5) is 45.0. The Labute approximate surface area is 272 Å². The van der Waals surface area contributed by atoms with Gasteiger partial charge in [-0.1, -0.05) is 0 Å². The molecular weight excluding hydrogens is 639 g/mol. The number of amides is 2. The minimum Gasteiger partial charge on any atom is -0.497 e. The van der Waals surface area contributed by atoms with Crippen LogP contribution >= 0.6 is 0 Å². The summed E-state index contributed by atoms with van der Waals surface area (Å²) in [5.41, 5.74) is 7.62. The molecule has 4 heterocycles. The van der Waals surface area contributed by atoms with Crippen LogP contribution in [0.2, 0.25) is 0 Å². The molecular formula is C31H34F3N7O7. The molecule has 0 bridgehead atoms. The van der Waals surface area contributed by atoms with Crippen molar-refractivity contribution < 1.29 is 47.6 Å². The normalized spacial score (nSPS) is 15.0. The number of fused-ring (bicyclic) bond motifs is 1. The summed E-state index contributed by atoms with van der Waals surface area (Å²) in [6.07, 6.45) is -0.335. The maximum Gasteiger partial charge on any atom is 0.490 e. The summed E-state index contributed by atoms with van der Waals surface area (Å²) in [7, 11) is 1.54. The number of carboxylic acid groups (broad SMARTS) is 1. The van der Waals surface area contributed by atoms with E-state index in [-0.39, 0.29) is 17.7 Å². The molecule has 1 aliphatic heterocycles. The lowest BCUT2D eigenvalue weighted by Crippen LogP contribution is -2.49. The van der Waals surface area contributed by atoms with Crippen molar-refractivity contribution in [1.82, 2.24) is 24.6 Å². The predicted molar refractivity (Wildman–Crippen MR) is 167 cm³/mol. The maximum atomic E-state index is 13.1. The number of rotatable bonds is 8. The molecule has 0 radical (unpaired) electrons. The molecule has 6 N–H and O–H groups in total. The summed E-state index contributed by atoms with van der Waals surface area (Å²) in [5.74, 6) is -2.18. The van der Waals surface area contributed by atoms with Gasteiger partial charge in [0.25, 0.3) is 5.91 Å². The van der Waals surface area contributed by atoms with Gasteiger partial charge in [-0.25, -0.2) is 19.4 Å². The molecule has 1 atom stereocenters. The van der Waals surface area contributed by atoms with E-state index in [9.17, 15) is 33.0 Å². The Hall–Kier alpha value is -5.29. The molecule has 48 heavy (non-hydrogen) atoms. The van der Waals surface area contributed by atoms with Gasteiger partial charge in [0.1, 0.15) is 22.9 Å². The molecule has 256 valence electrons. The van der Waals surface area contributed by atoms with Gasteiger partial charge in [0.15, 0.2) is 0 Å². The third-order valence-electron chi connectivity index (χ3n) is 7.78. The number of nitrogens with one attached hydrogen (secondary N) is 1. The first-order chi connectivity index (χ1) is 22.7. The SMILES string of the molecule is COc1ccnc(NC(=O)c2ccc(-n3nc([C@@H]4CCCN(C(=O)C(C)(CO)CO)C4)c4ccnc(N)c43)cc2)c1.O=C(O)C(F)(F)F. The van der Waals surface area contributed by atoms with E-state index in [4.69, 9.17) is 25.5 Å². The fraction of sp³-hybridized carbons (Fsp3) is 0.355. The maximum absolute atomic E-state index is 13.1. The van der Waals surface area contributed by atoms with Gasteiger partial charge in [0.05, 0.1) is 37.1 Å². The van der Waals surface area contributed by atoms with Crippen LogP contribution in [0.5, 0.6) is 5.75 Å². The van der Waals surface area contributed by atoms with Crippen LogP contribution in [-0.2, 0) is 9.59 Å². The van der Waals surface area contributed by atoms with Crippen molar-refractivity contribution in [2.45, 2.75) is 31.9 Å². The smallest absolute Gasteiger partial charge is 0.490 e. The zero-order valence-corrected chi connectivity index (χ0v) is 25.9. The number of aliphatic carboxylic acids is 1. The van der Waals surface area contributed by atoms with Crippen molar-refractivity contribution in [1.29, 1.82) is 0 Å². The molecule has 2 amide bonds. The summed E-state index contributed by atoms with van der Waals surface area (Å²) in [5, 5.41) is 35.1. The van der Waals surface area contributed by atoms with Crippen LogP contribution in [0.1, 0.15) is 41.7 Å². The number of anilines is 2. The number of nitrogen functional groups attached to an aromatic ring is 1. The number of aromatic nitrogens is 4. The van der Waals surface area contributed by atoms with Gasteiger partial charge in [-0.2, -0.15) is 18.3 Å². The molecule has 17 heteroatoms. The van der Waals surface area contributed by atoms with Crippen LogP contribution in [0.15, 0.2) is 54.9 Å². The highest BCUT2D eigenvalue weighted by atomic mass is 19.4. The van der Waals surface area contributed by atoms with E-state index in [1.54, 1.807) is 72.4 Å². The number of nitrogens with zero attached hydrogens (tertiary/aromatic N) is 5. The molecule has 0 aliphatic carbocycles. The van der Waals surface area contributed by atoms with Crippen LogP contribution in [0, 0.1) is 5.41 Å². The van der Waals surface area contributed by atoms with Crippen LogP contribution in [-0.4, -0.2) is 97.3 Å². The molecule has 1 aliphatic rings. The van der Waals surface area contributed by atoms with Crippen LogP contribution < -0.4 is 15.8 Å². The monoisotopic (exact) mass is 673 g/mol. The van der Waals surface area contributed by atoms with Crippen molar-refractivity contribution in [2.75, 3.05) is 44.5 Å². The number of hydrogen-bond acceptors (Lipinski definition) is 10. The number of piperidine rings is 1. The van der Waals surface area contributed by atoms with Crippen molar-refractivity contribution in [3.63, 3.8) is 0 Å². The van der Waals surface area contributed by atoms with Crippen molar-refractivity contribution in [2.24, 2.45) is 5.41 Å². The van der Waals surface area contributed by atoms with Gasteiger partial charge in [0.2, 0.25) is 5.91 Å². The minimum atomic E-state index is -5.08. The molecule has 1 aromatic carbocycles. The Morgan fingerprint density at radius 2 is 1.71 bits per heavy atom. The zero-order valence-electron chi connectivity index (χ0n) is 25.9. The highest BCUT2D eigenvalue weighted by molar-refractivity contribution is 6.04. The molecule has 1 saturated heterocycles. The first kappa shape index (κ1) is 35.6. The standard InChI is InChI=1S/C29H33N7O5.C2HF3O2/c1-29(16-37,17-38)28(40)35-13-3-4-19(15-35)24-22-10-12-32-26(30)25(22)36(34-24)20-7-5-18(6-8-20)27(39)33-23-14-21(41-2)9-11-31-23;3-2(4,5)1(6)7/h5-12,14,19,37-38H,3-4,13,15-17H2,1-2H3,(H2,30,32)(H,31,33,39);(H,6,7)/t19-;/m1./s1. The van der Waals surface area contributed by atoms with Crippen molar-refractivity contribution in [3.05, 3.63) is 66.1 Å². The van der Waals surface area contributed by atoms with E-state index in [0.717, 1.165) is 23.9 Å². The average Bonchev–Trinajstić information content (AvgIpc) is 3.48. The Kier molecular flexibility index (Phi) is 10.8. The lowest BCUT2D eigenvalue weighted by Gasteiger charge is -2.37. The number of carboxylic acids is 1. The molecule has 0 unspecified atom stereocenters. The number of benzene rings is 1. The lowest BCUT2D eigenvalue weighted by atomic mass is 9.87. The van der Waals surface area contributed by atoms with Crippen LogP contribution in [0.3, 0.4) is 0 Å². The fourth-order valence-corrected chi connectivity index (χ4v) is 5.10. The molecule has 5 rings (SSSR count). The van der Waals surface area contributed by atoms with E-state index < -0.39 is 30.8 Å². The largest absolute Gasteiger partial charge is 0.497 e. The number of alkyl halides is 3. The molecule has 0 saturated carbocycles. The van der Waals surface area contributed by atoms with Gasteiger partial charge in [-0.3, -0.25) is 9.59 Å². The van der Waals surface area contributed by atoms with Gasteiger partial charge in [0, 0.05) is 48.4 Å². The van der Waals surface area contributed by atoms with Gasteiger partial charge >= 0.3 is 12.1 Å². The third kappa shape index (κ3) is 7.80. The molecule has 4 aromatic rings. The molecule has 0 spiro atoms. The number of carbonyl (C=O) groups excluding carboxylic acids is 2. The van der Waals surface area contributed by atoms with E-state index in [2.05, 4.69) is 15.3 Å². The molecule has 1 fully saturated rings. The van der Waals surface area contributed by atoms with Crippen LogP contribution in [0.4, 0.5) is 24.8 Å². The van der Waals surface area contributed by atoms with E-state index in [0.29, 0.717) is 47.2 Å². The first-order valence-electron chi connectivity index (χ1n) is 14.6. The Bertz CT molecular complexity index is 1780. The number of aliphatic hydroxyl groups excluding tert-OH is 2. The van der Waals surface area contributed by atoms with Gasteiger partial charge < -0.3 is 36.0 Å². The zero-order chi connectivity index (χ0) is 35.2. The third-order valence-corrected chi connectivity index (χ3v) is 7.78. The lowest BCUT2D eigenvalue weighted by molar-refractivity contribution is -0.192.